The summed E-state index contributed by atoms with van der Waals surface area (Å²) in [6.07, 6.45) is 3.49. The SMILES string of the molecule is C=CCOc1c(I)cc(C=C(C#N)c2nc3ccc(C)cc3[nH]2)cc1OCC. The second-order valence-electron chi connectivity index (χ2n) is 6.14. The Balaban J connectivity index is 2.03. The number of nitrogens with zero attached hydrogens (tertiary/aromatic N) is 2. The number of rotatable bonds is 7. The molecule has 0 amide bonds. The molecular weight excluding hydrogens is 465 g/mol. The quantitative estimate of drug-likeness (QED) is 0.273. The van der Waals surface area contributed by atoms with Gasteiger partial charge in [0.05, 0.1) is 26.8 Å². The number of aryl methyl sites for hydroxylation is 1. The summed E-state index contributed by atoms with van der Waals surface area (Å²) in [5.74, 6) is 1.86. The van der Waals surface area contributed by atoms with E-state index in [4.69, 9.17) is 9.47 Å². The Kier molecular flexibility index (Phi) is 6.37. The lowest BCUT2D eigenvalue weighted by Crippen LogP contribution is -2.01. The molecule has 1 N–H and O–H groups in total. The Hall–Kier alpha value is -2.79. The van der Waals surface area contributed by atoms with Gasteiger partial charge in [0.15, 0.2) is 11.5 Å². The standard InChI is InChI=1S/C22H20IN3O2/c1-4-8-28-21-17(23)11-15(12-20(21)27-5-2)10-16(13-24)22-25-18-7-6-14(3)9-19(18)26-22/h4,6-7,9-12H,1,5,8H2,2-3H3,(H,25,26). The molecule has 0 fully saturated rings. The Labute approximate surface area is 177 Å². The zero-order chi connectivity index (χ0) is 20.1. The lowest BCUT2D eigenvalue weighted by atomic mass is 10.1. The van der Waals surface area contributed by atoms with Crippen LogP contribution in [0.15, 0.2) is 43.0 Å². The summed E-state index contributed by atoms with van der Waals surface area (Å²) >= 11 is 2.20. The van der Waals surface area contributed by atoms with Crippen molar-refractivity contribution in [2.45, 2.75) is 13.8 Å². The number of imidazole rings is 1. The van der Waals surface area contributed by atoms with Crippen molar-refractivity contribution in [3.63, 3.8) is 0 Å². The van der Waals surface area contributed by atoms with Gasteiger partial charge in [-0.25, -0.2) is 4.98 Å². The van der Waals surface area contributed by atoms with Gasteiger partial charge in [-0.3, -0.25) is 0 Å². The monoisotopic (exact) mass is 485 g/mol. The first-order valence-electron chi connectivity index (χ1n) is 8.84. The van der Waals surface area contributed by atoms with Crippen LogP contribution < -0.4 is 9.47 Å². The average Bonchev–Trinajstić information content (AvgIpc) is 3.08. The maximum atomic E-state index is 9.69. The van der Waals surface area contributed by atoms with E-state index in [9.17, 15) is 5.26 Å². The van der Waals surface area contributed by atoms with Crippen molar-refractivity contribution in [2.24, 2.45) is 0 Å². The van der Waals surface area contributed by atoms with E-state index in [1.165, 1.54) is 0 Å². The maximum Gasteiger partial charge on any atom is 0.174 e. The second kappa shape index (κ2) is 8.93. The molecule has 5 nitrogen and oxygen atoms in total. The summed E-state index contributed by atoms with van der Waals surface area (Å²) in [5.41, 5.74) is 4.17. The highest BCUT2D eigenvalue weighted by Gasteiger charge is 2.13. The summed E-state index contributed by atoms with van der Waals surface area (Å²) in [7, 11) is 0. The zero-order valence-electron chi connectivity index (χ0n) is 15.8. The summed E-state index contributed by atoms with van der Waals surface area (Å²) in [4.78, 5) is 7.78. The van der Waals surface area contributed by atoms with E-state index in [2.05, 4.69) is 45.2 Å². The number of fused-ring (bicyclic) bond motifs is 1. The van der Waals surface area contributed by atoms with Crippen LogP contribution in [0, 0.1) is 21.8 Å². The molecule has 2 aromatic carbocycles. The van der Waals surface area contributed by atoms with Crippen molar-refractivity contribution in [2.75, 3.05) is 13.2 Å². The van der Waals surface area contributed by atoms with Crippen molar-refractivity contribution >= 4 is 45.3 Å². The third kappa shape index (κ3) is 4.37. The minimum atomic E-state index is 0.396. The van der Waals surface area contributed by atoms with Crippen LogP contribution in [-0.4, -0.2) is 23.2 Å². The fraction of sp³-hybridized carbons (Fsp3) is 0.182. The normalized spacial score (nSPS) is 11.3. The first-order valence-corrected chi connectivity index (χ1v) is 9.92. The number of hydrogen-bond donors (Lipinski definition) is 1. The third-order valence-electron chi connectivity index (χ3n) is 4.00. The predicted molar refractivity (Wildman–Crippen MR) is 120 cm³/mol. The summed E-state index contributed by atoms with van der Waals surface area (Å²) in [6, 6.07) is 12.0. The Morgan fingerprint density at radius 2 is 2.14 bits per heavy atom. The molecule has 3 aromatic rings. The van der Waals surface area contributed by atoms with Gasteiger partial charge in [0.1, 0.15) is 18.5 Å². The fourth-order valence-corrected chi connectivity index (χ4v) is 3.57. The van der Waals surface area contributed by atoms with Crippen molar-refractivity contribution in [1.29, 1.82) is 5.26 Å². The summed E-state index contributed by atoms with van der Waals surface area (Å²) in [5, 5.41) is 9.69. The molecule has 1 heterocycles. The highest BCUT2D eigenvalue weighted by Crippen LogP contribution is 2.35. The molecule has 0 saturated carbocycles. The van der Waals surface area contributed by atoms with Crippen LogP contribution in [-0.2, 0) is 0 Å². The van der Waals surface area contributed by atoms with E-state index in [-0.39, 0.29) is 0 Å². The minimum absolute atomic E-state index is 0.396. The number of benzene rings is 2. The van der Waals surface area contributed by atoms with E-state index in [0.29, 0.717) is 36.1 Å². The predicted octanol–water partition coefficient (Wildman–Crippen LogP) is 5.50. The number of halogens is 1. The van der Waals surface area contributed by atoms with Crippen molar-refractivity contribution < 1.29 is 9.47 Å². The van der Waals surface area contributed by atoms with Crippen LogP contribution in [0.4, 0.5) is 0 Å². The van der Waals surface area contributed by atoms with Crippen LogP contribution in [0.5, 0.6) is 11.5 Å². The van der Waals surface area contributed by atoms with Gasteiger partial charge in [0.2, 0.25) is 0 Å². The summed E-state index contributed by atoms with van der Waals surface area (Å²) in [6.45, 7) is 8.54. The average molecular weight is 485 g/mol. The van der Waals surface area contributed by atoms with Gasteiger partial charge in [-0.1, -0.05) is 18.7 Å². The highest BCUT2D eigenvalue weighted by atomic mass is 127. The van der Waals surface area contributed by atoms with Gasteiger partial charge in [-0.15, -0.1) is 0 Å². The molecule has 0 spiro atoms. The van der Waals surface area contributed by atoms with Gasteiger partial charge >= 0.3 is 0 Å². The van der Waals surface area contributed by atoms with Gasteiger partial charge < -0.3 is 14.5 Å². The minimum Gasteiger partial charge on any atom is -0.490 e. The van der Waals surface area contributed by atoms with Crippen LogP contribution in [0.1, 0.15) is 23.9 Å². The zero-order valence-corrected chi connectivity index (χ0v) is 17.9. The van der Waals surface area contributed by atoms with E-state index in [1.54, 1.807) is 12.2 Å². The number of H-pyrrole nitrogens is 1. The molecule has 0 atom stereocenters. The number of hydrogen-bond acceptors (Lipinski definition) is 4. The molecule has 0 unspecified atom stereocenters. The molecule has 28 heavy (non-hydrogen) atoms. The number of nitrogens with one attached hydrogen (secondary N) is 1. The number of ether oxygens (including phenoxy) is 2. The second-order valence-corrected chi connectivity index (χ2v) is 7.30. The van der Waals surface area contributed by atoms with Gasteiger partial charge in [-0.05, 0) is 77.9 Å². The fourth-order valence-electron chi connectivity index (χ4n) is 2.79. The van der Waals surface area contributed by atoms with Crippen LogP contribution in [0.25, 0.3) is 22.7 Å². The van der Waals surface area contributed by atoms with Crippen LogP contribution >= 0.6 is 22.6 Å². The molecule has 6 heteroatoms. The topological polar surface area (TPSA) is 70.9 Å². The maximum absolute atomic E-state index is 9.69. The van der Waals surface area contributed by atoms with E-state index >= 15 is 0 Å². The summed E-state index contributed by atoms with van der Waals surface area (Å²) < 4.78 is 12.4. The van der Waals surface area contributed by atoms with E-state index < -0.39 is 0 Å². The molecule has 0 saturated heterocycles. The molecule has 0 bridgehead atoms. The van der Waals surface area contributed by atoms with Gasteiger partial charge in [0.25, 0.3) is 0 Å². The van der Waals surface area contributed by atoms with Crippen molar-refractivity contribution in [1.82, 2.24) is 9.97 Å². The molecule has 3 rings (SSSR count). The molecule has 0 aliphatic rings. The number of allylic oxidation sites excluding steroid dienone is 1. The first kappa shape index (κ1) is 20.0. The van der Waals surface area contributed by atoms with Crippen LogP contribution in [0.2, 0.25) is 0 Å². The molecule has 1 aromatic heterocycles. The Morgan fingerprint density at radius 1 is 1.32 bits per heavy atom. The van der Waals surface area contributed by atoms with E-state index in [0.717, 1.165) is 25.7 Å². The molecule has 0 radical (unpaired) electrons. The first-order chi connectivity index (χ1) is 13.5. The number of nitriles is 1. The Morgan fingerprint density at radius 3 is 2.86 bits per heavy atom. The van der Waals surface area contributed by atoms with Gasteiger partial charge in [0, 0.05) is 0 Å². The molecule has 0 aliphatic heterocycles. The van der Waals surface area contributed by atoms with Gasteiger partial charge in [-0.2, -0.15) is 5.26 Å². The third-order valence-corrected chi connectivity index (χ3v) is 4.80. The largest absolute Gasteiger partial charge is 0.490 e. The van der Waals surface area contributed by atoms with Crippen LogP contribution in [0.3, 0.4) is 0 Å². The Bertz CT molecular complexity index is 1090. The highest BCUT2D eigenvalue weighted by molar-refractivity contribution is 14.1. The molecule has 142 valence electrons. The number of aromatic nitrogens is 2. The van der Waals surface area contributed by atoms with Crippen molar-refractivity contribution in [3.8, 4) is 17.6 Å². The smallest absolute Gasteiger partial charge is 0.174 e. The lowest BCUT2D eigenvalue weighted by molar-refractivity contribution is 0.295. The van der Waals surface area contributed by atoms with E-state index in [1.807, 2.05) is 44.2 Å². The molecular formula is C22H20IN3O2. The lowest BCUT2D eigenvalue weighted by Gasteiger charge is -2.13. The molecule has 0 aliphatic carbocycles. The number of aromatic amines is 1. The van der Waals surface area contributed by atoms with Crippen molar-refractivity contribution in [3.05, 3.63) is 63.5 Å².